The van der Waals surface area contributed by atoms with Crippen LogP contribution in [0.4, 0.5) is 16.2 Å². The molecule has 0 saturated carbocycles. The number of methoxy groups -OCH3 is 1. The summed E-state index contributed by atoms with van der Waals surface area (Å²) in [6, 6.07) is 12.6. The molecule has 0 atom stereocenters. The van der Waals surface area contributed by atoms with Crippen LogP contribution in [0.15, 0.2) is 42.5 Å². The summed E-state index contributed by atoms with van der Waals surface area (Å²) in [6.45, 7) is 4.05. The number of H-pyrrole nitrogens is 1. The van der Waals surface area contributed by atoms with Crippen molar-refractivity contribution in [3.63, 3.8) is 0 Å². The summed E-state index contributed by atoms with van der Waals surface area (Å²) in [5, 5.41) is 3.92. The lowest BCUT2D eigenvalue weighted by atomic mass is 10.1. The smallest absolute Gasteiger partial charge is 0.413 e. The molecule has 0 aliphatic carbocycles. The summed E-state index contributed by atoms with van der Waals surface area (Å²) in [5.41, 5.74) is 5.18. The first-order chi connectivity index (χ1) is 12.4. The monoisotopic (exact) mass is 351 g/mol. The summed E-state index contributed by atoms with van der Waals surface area (Å²) in [4.78, 5) is 28.8. The number of nitrogens with zero attached hydrogens (tertiary/aromatic N) is 1. The Bertz CT molecular complexity index is 974. The number of hydrogen-bond donors (Lipinski definition) is 2. The van der Waals surface area contributed by atoms with E-state index in [1.807, 2.05) is 26.0 Å². The Morgan fingerprint density at radius 1 is 1.08 bits per heavy atom. The van der Waals surface area contributed by atoms with Gasteiger partial charge in [-0.25, -0.2) is 4.79 Å². The van der Waals surface area contributed by atoms with Crippen molar-refractivity contribution >= 4 is 34.3 Å². The molecule has 0 saturated heterocycles. The number of aromatic amines is 1. The highest BCUT2D eigenvalue weighted by Gasteiger charge is 2.12. The molecule has 2 N–H and O–H groups in total. The number of aromatic nitrogens is 1. The molecule has 0 aliphatic heterocycles. The van der Waals surface area contributed by atoms with Crippen LogP contribution in [0.25, 0.3) is 10.9 Å². The first kappa shape index (κ1) is 17.5. The third-order valence-corrected chi connectivity index (χ3v) is 4.53. The predicted molar refractivity (Wildman–Crippen MR) is 103 cm³/mol. The maximum Gasteiger partial charge on any atom is 0.413 e. The van der Waals surface area contributed by atoms with E-state index in [2.05, 4.69) is 15.0 Å². The Morgan fingerprint density at radius 2 is 1.77 bits per heavy atom. The van der Waals surface area contributed by atoms with Crippen LogP contribution in [-0.4, -0.2) is 31.1 Å². The first-order valence-corrected chi connectivity index (χ1v) is 8.22. The zero-order valence-corrected chi connectivity index (χ0v) is 15.2. The van der Waals surface area contributed by atoms with Gasteiger partial charge in [0.05, 0.1) is 7.11 Å². The topological polar surface area (TPSA) is 74.4 Å². The van der Waals surface area contributed by atoms with Gasteiger partial charge in [-0.2, -0.15) is 0 Å². The van der Waals surface area contributed by atoms with E-state index in [0.717, 1.165) is 22.2 Å². The average Bonchev–Trinajstić information content (AvgIpc) is 2.94. The zero-order valence-electron chi connectivity index (χ0n) is 15.2. The second-order valence-electron chi connectivity index (χ2n) is 6.17. The number of fused-ring (bicyclic) bond motifs is 1. The Hall–Kier alpha value is -3.28. The van der Waals surface area contributed by atoms with Crippen molar-refractivity contribution in [2.45, 2.75) is 13.8 Å². The molecule has 3 rings (SSSR count). The average molecular weight is 351 g/mol. The van der Waals surface area contributed by atoms with Gasteiger partial charge in [0.25, 0.3) is 5.91 Å². The molecule has 0 bridgehead atoms. The Balaban J connectivity index is 1.77. The normalized spacial score (nSPS) is 10.6. The molecular formula is C20H21N3O3. The second-order valence-corrected chi connectivity index (χ2v) is 6.17. The second kappa shape index (κ2) is 6.92. The van der Waals surface area contributed by atoms with Gasteiger partial charge in [0.2, 0.25) is 0 Å². The molecule has 26 heavy (non-hydrogen) atoms. The van der Waals surface area contributed by atoms with Crippen molar-refractivity contribution in [2.75, 3.05) is 24.4 Å². The van der Waals surface area contributed by atoms with Crippen molar-refractivity contribution in [3.05, 3.63) is 59.3 Å². The number of benzene rings is 2. The molecule has 1 heterocycles. The first-order valence-electron chi connectivity index (χ1n) is 8.22. The van der Waals surface area contributed by atoms with Crippen LogP contribution in [0.2, 0.25) is 0 Å². The Labute approximate surface area is 151 Å². The van der Waals surface area contributed by atoms with Crippen LogP contribution >= 0.6 is 0 Å². The Morgan fingerprint density at radius 3 is 2.42 bits per heavy atom. The zero-order chi connectivity index (χ0) is 18.8. The van der Waals surface area contributed by atoms with Crippen molar-refractivity contribution in [1.82, 2.24) is 4.98 Å². The number of nitrogens with one attached hydrogen (secondary N) is 2. The summed E-state index contributed by atoms with van der Waals surface area (Å²) in [6.07, 6.45) is -0.452. The van der Waals surface area contributed by atoms with Crippen LogP contribution in [0.3, 0.4) is 0 Å². The van der Waals surface area contributed by atoms with E-state index in [9.17, 15) is 9.59 Å². The van der Waals surface area contributed by atoms with Crippen molar-refractivity contribution < 1.29 is 14.3 Å². The van der Waals surface area contributed by atoms with Crippen LogP contribution < -0.4 is 10.2 Å². The number of aryl methyl sites for hydroxylation is 2. The number of carbonyl (C=O) groups excluding carboxylic acids is 2. The number of carbonyl (C=O) groups is 2. The third kappa shape index (κ3) is 3.26. The van der Waals surface area contributed by atoms with Gasteiger partial charge in [-0.1, -0.05) is 0 Å². The van der Waals surface area contributed by atoms with Gasteiger partial charge in [-0.15, -0.1) is 0 Å². The molecule has 0 fully saturated rings. The fraction of sp³-hybridized carbons (Fsp3) is 0.200. The molecule has 0 aliphatic rings. The van der Waals surface area contributed by atoms with Crippen LogP contribution in [0.1, 0.15) is 21.6 Å². The summed E-state index contributed by atoms with van der Waals surface area (Å²) in [7, 11) is 2.95. The fourth-order valence-electron chi connectivity index (χ4n) is 2.82. The van der Waals surface area contributed by atoms with Gasteiger partial charge in [0, 0.05) is 40.6 Å². The molecule has 6 nitrogen and oxygen atoms in total. The van der Waals surface area contributed by atoms with E-state index in [4.69, 9.17) is 0 Å². The highest BCUT2D eigenvalue weighted by Crippen LogP contribution is 2.23. The highest BCUT2D eigenvalue weighted by molar-refractivity contribution is 6.06. The van der Waals surface area contributed by atoms with Crippen molar-refractivity contribution in [2.24, 2.45) is 0 Å². The minimum atomic E-state index is -0.452. The predicted octanol–water partition coefficient (Wildman–Crippen LogP) is 4.24. The molecule has 0 radical (unpaired) electrons. The van der Waals surface area contributed by atoms with Crippen LogP contribution in [0, 0.1) is 13.8 Å². The molecule has 3 aromatic rings. The van der Waals surface area contributed by atoms with E-state index in [-0.39, 0.29) is 5.91 Å². The maximum atomic E-state index is 12.5. The quantitative estimate of drug-likeness (QED) is 0.741. The molecule has 0 unspecified atom stereocenters. The lowest BCUT2D eigenvalue weighted by molar-refractivity contribution is 0.102. The summed E-state index contributed by atoms with van der Waals surface area (Å²) >= 11 is 0. The standard InChI is InChI=1S/C20H21N3O3/c1-12-13(2)21-18-10-5-14(11-17(12)18)19(24)22-15-6-8-16(9-7-15)23(3)20(25)26-4/h5-11,21H,1-4H3,(H,22,24). The van der Waals surface area contributed by atoms with Gasteiger partial charge in [-0.05, 0) is 61.9 Å². The van der Waals surface area contributed by atoms with E-state index < -0.39 is 6.09 Å². The van der Waals surface area contributed by atoms with E-state index >= 15 is 0 Å². The summed E-state index contributed by atoms with van der Waals surface area (Å²) in [5.74, 6) is -0.181. The number of amides is 2. The van der Waals surface area contributed by atoms with E-state index in [0.29, 0.717) is 16.9 Å². The van der Waals surface area contributed by atoms with Crippen molar-refractivity contribution in [1.29, 1.82) is 0 Å². The third-order valence-electron chi connectivity index (χ3n) is 4.53. The van der Waals surface area contributed by atoms with Gasteiger partial charge < -0.3 is 15.0 Å². The minimum absolute atomic E-state index is 0.181. The van der Waals surface area contributed by atoms with Gasteiger partial charge in [0.15, 0.2) is 0 Å². The molecular weight excluding hydrogens is 330 g/mol. The van der Waals surface area contributed by atoms with E-state index in [1.54, 1.807) is 37.4 Å². The van der Waals surface area contributed by atoms with Crippen LogP contribution in [-0.2, 0) is 4.74 Å². The number of hydrogen-bond acceptors (Lipinski definition) is 3. The van der Waals surface area contributed by atoms with Crippen molar-refractivity contribution in [3.8, 4) is 0 Å². The van der Waals surface area contributed by atoms with Crippen LogP contribution in [0.5, 0.6) is 0 Å². The number of ether oxygens (including phenoxy) is 1. The number of anilines is 2. The number of rotatable bonds is 3. The van der Waals surface area contributed by atoms with Gasteiger partial charge in [-0.3, -0.25) is 9.69 Å². The minimum Gasteiger partial charge on any atom is -0.452 e. The Kier molecular flexibility index (Phi) is 4.67. The molecule has 1 aromatic heterocycles. The lowest BCUT2D eigenvalue weighted by Crippen LogP contribution is -2.25. The summed E-state index contributed by atoms with van der Waals surface area (Å²) < 4.78 is 4.68. The van der Waals surface area contributed by atoms with Gasteiger partial charge in [0.1, 0.15) is 0 Å². The lowest BCUT2D eigenvalue weighted by Gasteiger charge is -2.16. The SMILES string of the molecule is COC(=O)N(C)c1ccc(NC(=O)c2ccc3[nH]c(C)c(C)c3c2)cc1. The molecule has 2 amide bonds. The fourth-order valence-corrected chi connectivity index (χ4v) is 2.82. The van der Waals surface area contributed by atoms with E-state index in [1.165, 1.54) is 12.0 Å². The molecule has 6 heteroatoms. The largest absolute Gasteiger partial charge is 0.452 e. The molecule has 2 aromatic carbocycles. The van der Waals surface area contributed by atoms with Gasteiger partial charge >= 0.3 is 6.09 Å². The maximum absolute atomic E-state index is 12.5. The highest BCUT2D eigenvalue weighted by atomic mass is 16.5. The molecule has 134 valence electrons. The molecule has 0 spiro atoms.